The molecule has 17 heteroatoms. The molecule has 60 heavy (non-hydrogen) atoms. The number of halogens is 4. The molecule has 4 heterocycles. The quantitative estimate of drug-likeness (QED) is 0.117. The fourth-order valence-electron chi connectivity index (χ4n) is 8.36. The molecule has 326 valence electrons. The van der Waals surface area contributed by atoms with Crippen molar-refractivity contribution in [3.63, 3.8) is 0 Å². The Morgan fingerprint density at radius 3 is 2.05 bits per heavy atom. The van der Waals surface area contributed by atoms with E-state index in [1.807, 2.05) is 20.8 Å². The number of nitrogens with one attached hydrogen (secondary N) is 5. The van der Waals surface area contributed by atoms with Crippen molar-refractivity contribution in [1.29, 1.82) is 0 Å². The Labute approximate surface area is 347 Å². The van der Waals surface area contributed by atoms with Crippen LogP contribution < -0.4 is 21.3 Å². The summed E-state index contributed by atoms with van der Waals surface area (Å²) < 4.78 is 62.3. The number of rotatable bonds is 14. The van der Waals surface area contributed by atoms with E-state index in [0.717, 1.165) is 0 Å². The highest BCUT2D eigenvalue weighted by molar-refractivity contribution is 5.93. The number of likely N-dealkylation sites (tertiary alicyclic amines) is 2. The van der Waals surface area contributed by atoms with E-state index in [1.165, 1.54) is 34.1 Å². The number of fused-ring (bicyclic) bond motifs is 2. The van der Waals surface area contributed by atoms with Gasteiger partial charge >= 0.3 is 0 Å². The van der Waals surface area contributed by atoms with Crippen LogP contribution in [0.4, 0.5) is 17.6 Å². The predicted molar refractivity (Wildman–Crippen MR) is 221 cm³/mol. The number of alkyl halides is 2. The van der Waals surface area contributed by atoms with Gasteiger partial charge in [-0.3, -0.25) is 19.2 Å². The average Bonchev–Trinajstić information content (AvgIpc) is 3.96. The summed E-state index contributed by atoms with van der Waals surface area (Å²) in [5.41, 5.74) is 1.42. The second-order valence-corrected chi connectivity index (χ2v) is 17.3. The average molecular weight is 840 g/mol. The van der Waals surface area contributed by atoms with Crippen molar-refractivity contribution in [3.8, 4) is 11.5 Å². The van der Waals surface area contributed by atoms with Crippen LogP contribution in [0, 0.1) is 17.0 Å². The van der Waals surface area contributed by atoms with Crippen LogP contribution in [-0.4, -0.2) is 124 Å². The summed E-state index contributed by atoms with van der Waals surface area (Å²) in [6.45, 7) is 10.2. The summed E-state index contributed by atoms with van der Waals surface area (Å²) in [5, 5.41) is 12.0. The molecule has 2 aliphatic heterocycles. The normalized spacial score (nSPS) is 21.7. The third-order valence-electron chi connectivity index (χ3n) is 12.0. The molecule has 0 aliphatic carbocycles. The van der Waals surface area contributed by atoms with E-state index in [4.69, 9.17) is 4.98 Å². The molecule has 0 bridgehead atoms. The van der Waals surface area contributed by atoms with Gasteiger partial charge in [0, 0.05) is 42.4 Å². The maximum atomic E-state index is 15.5. The molecule has 0 spiro atoms. The van der Waals surface area contributed by atoms with Crippen LogP contribution in [-0.2, 0) is 32.1 Å². The summed E-state index contributed by atoms with van der Waals surface area (Å²) in [6, 6.07) is 3.89. The number of amides is 4. The maximum absolute atomic E-state index is 15.5. The van der Waals surface area contributed by atoms with Gasteiger partial charge in [-0.15, -0.1) is 0 Å². The summed E-state index contributed by atoms with van der Waals surface area (Å²) in [7, 11) is 3.26. The largest absolute Gasteiger partial charge is 0.352 e. The van der Waals surface area contributed by atoms with E-state index in [1.54, 1.807) is 51.6 Å². The summed E-state index contributed by atoms with van der Waals surface area (Å²) in [4.78, 5) is 65.3. The highest BCUT2D eigenvalue weighted by Gasteiger charge is 2.44. The highest BCUT2D eigenvalue weighted by Crippen LogP contribution is 2.38. The van der Waals surface area contributed by atoms with Gasteiger partial charge in [0.1, 0.15) is 36.1 Å². The number of carbonyl (C=O) groups is 4. The van der Waals surface area contributed by atoms with Gasteiger partial charge in [0.2, 0.25) is 23.6 Å². The Hall–Kier alpha value is -5.03. The number of likely N-dealkylation sites (N-methyl/N-ethyl adjacent to an activating group) is 2. The molecule has 2 aromatic carbocycles. The van der Waals surface area contributed by atoms with E-state index in [2.05, 4.69) is 26.3 Å². The van der Waals surface area contributed by atoms with Crippen molar-refractivity contribution in [1.82, 2.24) is 45.6 Å². The Balaban J connectivity index is 1.41. The number of H-pyrrole nitrogens is 1. The summed E-state index contributed by atoms with van der Waals surface area (Å²) in [6.07, 6.45) is -2.35. The number of hydrogen-bond donors (Lipinski definition) is 5. The summed E-state index contributed by atoms with van der Waals surface area (Å²) >= 11 is 0. The first-order valence-corrected chi connectivity index (χ1v) is 20.7. The molecule has 0 saturated carbocycles. The molecule has 2 saturated heterocycles. The first kappa shape index (κ1) is 44.5. The molecular weight excluding hydrogens is 783 g/mol. The zero-order chi connectivity index (χ0) is 43.8. The lowest BCUT2D eigenvalue weighted by Gasteiger charge is -2.36. The van der Waals surface area contributed by atoms with E-state index in [9.17, 15) is 28.0 Å². The van der Waals surface area contributed by atoms with Crippen molar-refractivity contribution in [2.24, 2.45) is 5.41 Å². The highest BCUT2D eigenvalue weighted by atomic mass is 19.1. The fourth-order valence-corrected chi connectivity index (χ4v) is 8.36. The molecule has 6 rings (SSSR count). The van der Waals surface area contributed by atoms with Crippen LogP contribution in [0.15, 0.2) is 36.4 Å². The summed E-state index contributed by atoms with van der Waals surface area (Å²) in [5.74, 6) is -2.41. The minimum atomic E-state index is -1.36. The molecule has 2 aliphatic rings. The number of aromatic nitrogens is 3. The van der Waals surface area contributed by atoms with E-state index >= 15 is 8.78 Å². The predicted octanol–water partition coefficient (Wildman–Crippen LogP) is 4.52. The zero-order valence-electron chi connectivity index (χ0n) is 35.5. The van der Waals surface area contributed by atoms with Gasteiger partial charge < -0.3 is 40.6 Å². The molecule has 2 fully saturated rings. The van der Waals surface area contributed by atoms with Gasteiger partial charge in [-0.05, 0) is 82.1 Å². The van der Waals surface area contributed by atoms with Gasteiger partial charge in [0.15, 0.2) is 5.82 Å². The van der Waals surface area contributed by atoms with Crippen molar-refractivity contribution in [2.45, 2.75) is 122 Å². The number of hydrogen-bond acceptors (Lipinski definition) is 7. The van der Waals surface area contributed by atoms with Crippen LogP contribution in [0.25, 0.3) is 33.5 Å². The topological polar surface area (TPSA) is 156 Å². The Kier molecular flexibility index (Phi) is 13.3. The third kappa shape index (κ3) is 9.16. The van der Waals surface area contributed by atoms with Crippen molar-refractivity contribution in [3.05, 3.63) is 53.6 Å². The Morgan fingerprint density at radius 1 is 0.850 bits per heavy atom. The molecule has 4 aromatic rings. The fraction of sp³-hybridized carbons (Fsp3) is 0.558. The number of imidazole rings is 1. The van der Waals surface area contributed by atoms with Gasteiger partial charge in [-0.25, -0.2) is 22.5 Å². The van der Waals surface area contributed by atoms with Crippen LogP contribution in [0.1, 0.15) is 66.4 Å². The zero-order valence-corrected chi connectivity index (χ0v) is 35.5. The third-order valence-corrected chi connectivity index (χ3v) is 12.0. The van der Waals surface area contributed by atoms with E-state index < -0.39 is 77.5 Å². The molecule has 0 radical (unpaired) electrons. The van der Waals surface area contributed by atoms with Crippen LogP contribution in [0.5, 0.6) is 0 Å². The molecule has 0 unspecified atom stereocenters. The molecule has 5 N–H and O–H groups in total. The van der Waals surface area contributed by atoms with Crippen molar-refractivity contribution in [2.75, 3.05) is 27.2 Å². The van der Waals surface area contributed by atoms with Gasteiger partial charge in [-0.1, -0.05) is 27.7 Å². The number of aromatic amines is 1. The van der Waals surface area contributed by atoms with Gasteiger partial charge in [0.05, 0.1) is 47.9 Å². The number of benzene rings is 2. The molecule has 4 amide bonds. The molecule has 8 atom stereocenters. The smallest absolute Gasteiger partial charge is 0.246 e. The second-order valence-electron chi connectivity index (χ2n) is 17.3. The lowest BCUT2D eigenvalue weighted by molar-refractivity contribution is -0.140. The standard InChI is InChI=1S/C43H57F4N9O4/c1-9-32(52-39(57)22(2)48-7)41(59)55-20-27(47)15-29(55)21-56-35-13-11-25(45)17-34(35)51-38(56)36-31(30-12-10-24(44)16-33(30)50-36)18-28-14-26(46)19-54(28)42(60)37(43(4,5)6)53-40(58)23(3)49-8/h10-13,16-17,22-23,26-29,32,37,48-50H,9,14-15,18-21H2,1-8H3,(H,52,57)(H,53,58)/t22-,23-,26-,27-,28-,29-,32-,37+/m0/s1. The van der Waals surface area contributed by atoms with Crippen molar-refractivity contribution < 1.29 is 36.7 Å². The first-order chi connectivity index (χ1) is 28.3. The molecule has 2 aromatic heterocycles. The lowest BCUT2D eigenvalue weighted by atomic mass is 9.85. The lowest BCUT2D eigenvalue weighted by Crippen LogP contribution is -2.58. The second kappa shape index (κ2) is 17.9. The maximum Gasteiger partial charge on any atom is 0.246 e. The Bertz CT molecular complexity index is 2240. The molecular formula is C43H57F4N9O4. The van der Waals surface area contributed by atoms with Crippen LogP contribution >= 0.6 is 0 Å². The van der Waals surface area contributed by atoms with Gasteiger partial charge in [0.25, 0.3) is 0 Å². The van der Waals surface area contributed by atoms with E-state index in [-0.39, 0.29) is 68.5 Å². The van der Waals surface area contributed by atoms with E-state index in [0.29, 0.717) is 27.7 Å². The van der Waals surface area contributed by atoms with Gasteiger partial charge in [-0.2, -0.15) is 0 Å². The van der Waals surface area contributed by atoms with Crippen LogP contribution in [0.3, 0.4) is 0 Å². The SMILES string of the molecule is CC[C@H](NC(=O)[C@H](C)NC)C(=O)N1C[C@@H](F)C[C@H]1Cn1c(-c2[nH]c3cc(F)ccc3c2C[C@@H]2C[C@H](F)CN2C(=O)[C@@H](NC(=O)[C@H](C)NC)C(C)(C)C)nc2cc(F)ccc21. The molecule has 13 nitrogen and oxygen atoms in total. The monoisotopic (exact) mass is 839 g/mol. The Morgan fingerprint density at radius 2 is 1.43 bits per heavy atom. The first-order valence-electron chi connectivity index (χ1n) is 20.7. The van der Waals surface area contributed by atoms with Crippen LogP contribution in [0.2, 0.25) is 0 Å². The minimum Gasteiger partial charge on any atom is -0.352 e. The number of carbonyl (C=O) groups excluding carboxylic acids is 4. The van der Waals surface area contributed by atoms with Crippen molar-refractivity contribution >= 4 is 45.6 Å². The minimum absolute atomic E-state index is 0.00231. The number of nitrogens with zero attached hydrogens (tertiary/aromatic N) is 4.